The van der Waals surface area contributed by atoms with E-state index in [9.17, 15) is 14.7 Å². The number of rotatable bonds is 7. The van der Waals surface area contributed by atoms with Crippen LogP contribution in [0.4, 0.5) is 0 Å². The summed E-state index contributed by atoms with van der Waals surface area (Å²) in [4.78, 5) is 29.9. The molecule has 1 aliphatic rings. The van der Waals surface area contributed by atoms with Crippen LogP contribution in [0.15, 0.2) is 48.0 Å². The first-order valence-corrected chi connectivity index (χ1v) is 12.1. The molecule has 1 saturated heterocycles. The number of likely N-dealkylation sites (tertiary alicyclic amines) is 1. The number of carbonyl (C=O) groups is 2. The molecule has 1 unspecified atom stereocenters. The van der Waals surface area contributed by atoms with Crippen LogP contribution in [0, 0.1) is 6.92 Å². The number of amides is 1. The summed E-state index contributed by atoms with van der Waals surface area (Å²) in [5, 5.41) is 11.3. The fourth-order valence-corrected chi connectivity index (χ4v) is 4.27. The summed E-state index contributed by atoms with van der Waals surface area (Å²) < 4.78 is 5.81. The summed E-state index contributed by atoms with van der Waals surface area (Å²) in [6.45, 7) is 13.2. The zero-order chi connectivity index (χ0) is 26.1. The average molecular weight is 479 g/mol. The van der Waals surface area contributed by atoms with Crippen LogP contribution in [0.5, 0.6) is 5.75 Å². The minimum Gasteiger partial charge on any atom is -0.507 e. The Morgan fingerprint density at radius 3 is 2.23 bits per heavy atom. The smallest absolute Gasteiger partial charge is 0.295 e. The molecule has 2 aromatic carbocycles. The summed E-state index contributed by atoms with van der Waals surface area (Å²) >= 11 is 0. The van der Waals surface area contributed by atoms with E-state index in [-0.39, 0.29) is 22.9 Å². The Hall–Kier alpha value is -3.12. The van der Waals surface area contributed by atoms with Crippen LogP contribution in [0.2, 0.25) is 0 Å². The topological polar surface area (TPSA) is 70.1 Å². The Morgan fingerprint density at radius 2 is 1.71 bits per heavy atom. The third-order valence-corrected chi connectivity index (χ3v) is 6.23. The van der Waals surface area contributed by atoms with Crippen LogP contribution >= 0.6 is 0 Å². The molecular formula is C29H38N2O4. The molecule has 188 valence electrons. The Labute approximate surface area is 209 Å². The van der Waals surface area contributed by atoms with Gasteiger partial charge in [0, 0.05) is 18.7 Å². The summed E-state index contributed by atoms with van der Waals surface area (Å²) in [6, 6.07) is 12.6. The number of ketones is 1. The molecule has 1 fully saturated rings. The quantitative estimate of drug-likeness (QED) is 0.342. The van der Waals surface area contributed by atoms with Crippen LogP contribution in [0.1, 0.15) is 62.9 Å². The fraction of sp³-hybridized carbons (Fsp3) is 0.448. The number of Topliss-reactive ketones (excluding diaryl/α,β-unsaturated/α-hetero) is 1. The minimum absolute atomic E-state index is 0.0197. The second-order valence-corrected chi connectivity index (χ2v) is 10.8. The van der Waals surface area contributed by atoms with Crippen molar-refractivity contribution in [3.8, 4) is 5.75 Å². The lowest BCUT2D eigenvalue weighted by Crippen LogP contribution is -2.35. The third kappa shape index (κ3) is 5.76. The number of nitrogens with zero attached hydrogens (tertiary/aromatic N) is 2. The number of hydrogen-bond donors (Lipinski definition) is 1. The van der Waals surface area contributed by atoms with Gasteiger partial charge in [-0.15, -0.1) is 0 Å². The van der Waals surface area contributed by atoms with Gasteiger partial charge in [0.2, 0.25) is 0 Å². The van der Waals surface area contributed by atoms with Gasteiger partial charge in [0.1, 0.15) is 11.5 Å². The molecule has 0 bridgehead atoms. The number of aliphatic hydroxyl groups excluding tert-OH is 1. The molecule has 0 aromatic heterocycles. The van der Waals surface area contributed by atoms with E-state index < -0.39 is 17.7 Å². The van der Waals surface area contributed by atoms with Gasteiger partial charge in [-0.25, -0.2) is 0 Å². The van der Waals surface area contributed by atoms with Gasteiger partial charge in [0.15, 0.2) is 0 Å². The van der Waals surface area contributed by atoms with Gasteiger partial charge in [-0.05, 0) is 75.2 Å². The Morgan fingerprint density at radius 1 is 1.09 bits per heavy atom. The largest absolute Gasteiger partial charge is 0.507 e. The van der Waals surface area contributed by atoms with Crippen LogP contribution in [-0.4, -0.2) is 59.9 Å². The van der Waals surface area contributed by atoms with Crippen molar-refractivity contribution < 1.29 is 19.4 Å². The zero-order valence-electron chi connectivity index (χ0n) is 22.2. The highest BCUT2D eigenvalue weighted by atomic mass is 16.5. The lowest BCUT2D eigenvalue weighted by molar-refractivity contribution is -0.140. The van der Waals surface area contributed by atoms with Gasteiger partial charge < -0.3 is 19.6 Å². The number of benzene rings is 2. The number of carbonyl (C=O) groups excluding carboxylic acids is 2. The number of ether oxygens (including phenoxy) is 1. The van der Waals surface area contributed by atoms with Crippen molar-refractivity contribution in [3.63, 3.8) is 0 Å². The normalized spacial score (nSPS) is 18.1. The second kappa shape index (κ2) is 10.2. The first kappa shape index (κ1) is 26.5. The zero-order valence-corrected chi connectivity index (χ0v) is 22.2. The summed E-state index contributed by atoms with van der Waals surface area (Å²) in [5.41, 5.74) is 3.38. The number of aliphatic hydroxyl groups is 1. The summed E-state index contributed by atoms with van der Waals surface area (Å²) in [7, 11) is 3.85. The van der Waals surface area contributed by atoms with Gasteiger partial charge in [-0.2, -0.15) is 0 Å². The van der Waals surface area contributed by atoms with E-state index in [0.717, 1.165) is 22.4 Å². The first-order valence-electron chi connectivity index (χ1n) is 12.1. The molecule has 1 aliphatic heterocycles. The number of aryl methyl sites for hydroxylation is 1. The molecule has 0 spiro atoms. The monoisotopic (exact) mass is 478 g/mol. The Balaban J connectivity index is 2.12. The summed E-state index contributed by atoms with van der Waals surface area (Å²) in [6.07, 6.45) is 0.0197. The maximum absolute atomic E-state index is 13.2. The average Bonchev–Trinajstić information content (AvgIpc) is 3.02. The molecule has 6 heteroatoms. The van der Waals surface area contributed by atoms with Crippen molar-refractivity contribution in [2.75, 3.05) is 27.2 Å². The fourth-order valence-electron chi connectivity index (χ4n) is 4.27. The van der Waals surface area contributed by atoms with Crippen molar-refractivity contribution in [2.24, 2.45) is 0 Å². The van der Waals surface area contributed by atoms with E-state index >= 15 is 0 Å². The van der Waals surface area contributed by atoms with E-state index in [4.69, 9.17) is 4.74 Å². The van der Waals surface area contributed by atoms with Crippen LogP contribution in [0.3, 0.4) is 0 Å². The predicted molar refractivity (Wildman–Crippen MR) is 140 cm³/mol. The predicted octanol–water partition coefficient (Wildman–Crippen LogP) is 5.06. The van der Waals surface area contributed by atoms with Crippen molar-refractivity contribution in [1.29, 1.82) is 0 Å². The van der Waals surface area contributed by atoms with Crippen molar-refractivity contribution >= 4 is 17.4 Å². The molecule has 6 nitrogen and oxygen atoms in total. The minimum atomic E-state index is -0.661. The number of likely N-dealkylation sites (N-methyl/N-ethyl adjacent to an activating group) is 1. The standard InChI is InChI=1S/C29H38N2O4/c1-18(2)35-23-14-11-21(17-19(23)3)26(32)24-25(20-9-12-22(13-10-20)29(4,5)6)31(16-15-30(7)8)28(34)27(24)33/h9-14,17-18,25,32H,15-16H2,1-8H3/b26-24-. The lowest BCUT2D eigenvalue weighted by atomic mass is 9.85. The molecule has 3 rings (SSSR count). The van der Waals surface area contributed by atoms with E-state index in [1.165, 1.54) is 0 Å². The van der Waals surface area contributed by atoms with Gasteiger partial charge in [0.25, 0.3) is 11.7 Å². The van der Waals surface area contributed by atoms with Crippen molar-refractivity contribution in [1.82, 2.24) is 9.80 Å². The van der Waals surface area contributed by atoms with Crippen LogP contribution in [0.25, 0.3) is 5.76 Å². The molecule has 1 amide bonds. The lowest BCUT2D eigenvalue weighted by Gasteiger charge is -2.27. The van der Waals surface area contributed by atoms with Crippen LogP contribution in [-0.2, 0) is 15.0 Å². The molecule has 35 heavy (non-hydrogen) atoms. The highest BCUT2D eigenvalue weighted by Gasteiger charge is 2.46. The van der Waals surface area contributed by atoms with E-state index in [0.29, 0.717) is 18.7 Å². The third-order valence-electron chi connectivity index (χ3n) is 6.23. The molecule has 0 aliphatic carbocycles. The van der Waals surface area contributed by atoms with Gasteiger partial charge in [-0.1, -0.05) is 45.0 Å². The van der Waals surface area contributed by atoms with E-state index in [1.807, 2.05) is 64.0 Å². The van der Waals surface area contributed by atoms with Crippen LogP contribution < -0.4 is 4.74 Å². The first-order chi connectivity index (χ1) is 16.3. The summed E-state index contributed by atoms with van der Waals surface area (Å²) in [5.74, 6) is -0.696. The van der Waals surface area contributed by atoms with E-state index in [2.05, 4.69) is 20.8 Å². The molecule has 0 saturated carbocycles. The molecule has 1 atom stereocenters. The van der Waals surface area contributed by atoms with E-state index in [1.54, 1.807) is 23.1 Å². The van der Waals surface area contributed by atoms with Gasteiger partial charge >= 0.3 is 0 Å². The van der Waals surface area contributed by atoms with Crippen molar-refractivity contribution in [3.05, 3.63) is 70.3 Å². The molecule has 1 heterocycles. The second-order valence-electron chi connectivity index (χ2n) is 10.8. The van der Waals surface area contributed by atoms with Gasteiger partial charge in [-0.3, -0.25) is 9.59 Å². The highest BCUT2D eigenvalue weighted by Crippen LogP contribution is 2.40. The Kier molecular flexibility index (Phi) is 7.75. The highest BCUT2D eigenvalue weighted by molar-refractivity contribution is 6.46. The van der Waals surface area contributed by atoms with Crippen molar-refractivity contribution in [2.45, 2.75) is 59.1 Å². The Bertz CT molecular complexity index is 1120. The molecular weight excluding hydrogens is 440 g/mol. The molecule has 1 N–H and O–H groups in total. The maximum Gasteiger partial charge on any atom is 0.295 e. The number of hydrogen-bond acceptors (Lipinski definition) is 5. The molecule has 2 aromatic rings. The SMILES string of the molecule is Cc1cc(/C(O)=C2/C(=O)C(=O)N(CCN(C)C)C2c2ccc(C(C)(C)C)cc2)ccc1OC(C)C. The van der Waals surface area contributed by atoms with Gasteiger partial charge in [0.05, 0.1) is 17.7 Å². The maximum atomic E-state index is 13.2. The molecule has 0 radical (unpaired) electrons.